The summed E-state index contributed by atoms with van der Waals surface area (Å²) >= 11 is 0. The molecule has 0 N–H and O–H groups in total. The molecule has 2 aliphatic rings. The summed E-state index contributed by atoms with van der Waals surface area (Å²) in [6.45, 7) is 15.6. The van der Waals surface area contributed by atoms with E-state index in [4.69, 9.17) is 4.43 Å². The van der Waals surface area contributed by atoms with Crippen LogP contribution >= 0.6 is 0 Å². The van der Waals surface area contributed by atoms with E-state index in [-0.39, 0.29) is 16.9 Å². The third-order valence-electron chi connectivity index (χ3n) is 7.13. The standard InChI is InChI=1S/C26H38O2Si/c1-19(22-16-17-23-24(27)9-8-18-26(22,23)4)10-11-20-12-14-21(15-13-20)25(2,3)28-29(5,6)7/h12-15,19,22-23H,8-9,16-18H2,1-7H3/t19-,22-,23+,26-/m1/s1. The van der Waals surface area contributed by atoms with E-state index in [1.165, 1.54) is 12.0 Å². The summed E-state index contributed by atoms with van der Waals surface area (Å²) < 4.78 is 6.36. The Morgan fingerprint density at radius 3 is 2.45 bits per heavy atom. The minimum atomic E-state index is -1.61. The molecular weight excluding hydrogens is 372 g/mol. The Morgan fingerprint density at radius 1 is 1.17 bits per heavy atom. The van der Waals surface area contributed by atoms with E-state index in [2.05, 4.69) is 83.4 Å². The molecule has 158 valence electrons. The van der Waals surface area contributed by atoms with Gasteiger partial charge in [0.1, 0.15) is 5.78 Å². The number of rotatable bonds is 4. The lowest BCUT2D eigenvalue weighted by atomic mass is 9.62. The number of hydrogen-bond donors (Lipinski definition) is 0. The molecule has 0 unspecified atom stereocenters. The number of hydrogen-bond acceptors (Lipinski definition) is 2. The lowest BCUT2D eigenvalue weighted by Gasteiger charge is -2.41. The van der Waals surface area contributed by atoms with Crippen molar-refractivity contribution in [1.29, 1.82) is 0 Å². The van der Waals surface area contributed by atoms with Gasteiger partial charge in [0.05, 0.1) is 5.60 Å². The smallest absolute Gasteiger partial charge is 0.184 e. The molecule has 0 amide bonds. The lowest BCUT2D eigenvalue weighted by molar-refractivity contribution is -0.129. The maximum atomic E-state index is 12.4. The van der Waals surface area contributed by atoms with E-state index in [0.717, 1.165) is 31.2 Å². The second-order valence-electron chi connectivity index (χ2n) is 10.9. The van der Waals surface area contributed by atoms with E-state index >= 15 is 0 Å². The molecule has 2 nitrogen and oxygen atoms in total. The average Bonchev–Trinajstić information content (AvgIpc) is 2.96. The molecule has 0 aromatic heterocycles. The average molecular weight is 411 g/mol. The molecular formula is C26H38O2Si. The van der Waals surface area contributed by atoms with Gasteiger partial charge in [0, 0.05) is 23.8 Å². The molecule has 4 atom stereocenters. The predicted octanol–water partition coefficient (Wildman–Crippen LogP) is 6.55. The van der Waals surface area contributed by atoms with Crippen molar-refractivity contribution >= 4 is 14.1 Å². The molecule has 2 aliphatic carbocycles. The maximum Gasteiger partial charge on any atom is 0.184 e. The van der Waals surface area contributed by atoms with Crippen LogP contribution in [-0.4, -0.2) is 14.1 Å². The fourth-order valence-electron chi connectivity index (χ4n) is 5.87. The van der Waals surface area contributed by atoms with E-state index < -0.39 is 8.32 Å². The molecule has 3 heteroatoms. The Labute approximate surface area is 178 Å². The monoisotopic (exact) mass is 410 g/mol. The van der Waals surface area contributed by atoms with Crippen LogP contribution in [0.4, 0.5) is 0 Å². The van der Waals surface area contributed by atoms with Gasteiger partial charge in [-0.1, -0.05) is 37.8 Å². The molecule has 2 saturated carbocycles. The van der Waals surface area contributed by atoms with Gasteiger partial charge in [-0.25, -0.2) is 0 Å². The first-order valence-corrected chi connectivity index (χ1v) is 14.7. The van der Waals surface area contributed by atoms with Gasteiger partial charge in [-0.3, -0.25) is 4.79 Å². The number of Topliss-reactive ketones (excluding diaryl/α,β-unsaturated/α-hetero) is 1. The summed E-state index contributed by atoms with van der Waals surface area (Å²) in [4.78, 5) is 12.4. The second-order valence-corrected chi connectivity index (χ2v) is 15.4. The zero-order chi connectivity index (χ0) is 21.4. The van der Waals surface area contributed by atoms with Gasteiger partial charge in [-0.2, -0.15) is 0 Å². The highest BCUT2D eigenvalue weighted by Gasteiger charge is 2.52. The number of carbonyl (C=O) groups is 1. The third-order valence-corrected chi connectivity index (χ3v) is 8.25. The molecule has 0 saturated heterocycles. The molecule has 3 rings (SSSR count). The Morgan fingerprint density at radius 2 is 1.83 bits per heavy atom. The zero-order valence-corrected chi connectivity index (χ0v) is 20.4. The first-order valence-electron chi connectivity index (χ1n) is 11.3. The lowest BCUT2D eigenvalue weighted by Crippen LogP contribution is -2.39. The van der Waals surface area contributed by atoms with Crippen LogP contribution in [0.5, 0.6) is 0 Å². The van der Waals surface area contributed by atoms with Crippen molar-refractivity contribution in [1.82, 2.24) is 0 Å². The van der Waals surface area contributed by atoms with E-state index in [1.54, 1.807) is 0 Å². The van der Waals surface area contributed by atoms with Crippen LogP contribution in [0.3, 0.4) is 0 Å². The van der Waals surface area contributed by atoms with Crippen LogP contribution in [0, 0.1) is 35.0 Å². The van der Waals surface area contributed by atoms with E-state index in [0.29, 0.717) is 17.6 Å². The van der Waals surface area contributed by atoms with Gasteiger partial charge in [-0.15, -0.1) is 0 Å². The second kappa shape index (κ2) is 8.04. The van der Waals surface area contributed by atoms with Crippen molar-refractivity contribution in [2.75, 3.05) is 0 Å². The topological polar surface area (TPSA) is 26.3 Å². The van der Waals surface area contributed by atoms with Crippen molar-refractivity contribution < 1.29 is 9.22 Å². The normalized spacial score (nSPS) is 28.4. The van der Waals surface area contributed by atoms with Crippen LogP contribution in [0.15, 0.2) is 24.3 Å². The van der Waals surface area contributed by atoms with Crippen molar-refractivity contribution in [3.8, 4) is 11.8 Å². The van der Waals surface area contributed by atoms with Crippen LogP contribution in [-0.2, 0) is 14.8 Å². The number of carbonyl (C=O) groups excluding carboxylic acids is 1. The van der Waals surface area contributed by atoms with Crippen LogP contribution in [0.2, 0.25) is 19.6 Å². The molecule has 29 heavy (non-hydrogen) atoms. The molecule has 0 aliphatic heterocycles. The summed E-state index contributed by atoms with van der Waals surface area (Å²) in [6.07, 6.45) is 5.23. The van der Waals surface area contributed by atoms with Crippen molar-refractivity contribution in [2.45, 2.75) is 85.0 Å². The fraction of sp³-hybridized carbons (Fsp3) is 0.654. The first-order chi connectivity index (χ1) is 13.4. The van der Waals surface area contributed by atoms with Gasteiger partial charge in [0.2, 0.25) is 0 Å². The summed E-state index contributed by atoms with van der Waals surface area (Å²) in [5.41, 5.74) is 2.14. The Bertz CT molecular complexity index is 806. The highest BCUT2D eigenvalue weighted by molar-refractivity contribution is 6.69. The highest BCUT2D eigenvalue weighted by Crippen LogP contribution is 2.56. The largest absolute Gasteiger partial charge is 0.409 e. The third kappa shape index (κ3) is 4.86. The zero-order valence-electron chi connectivity index (χ0n) is 19.4. The van der Waals surface area contributed by atoms with Gasteiger partial charge in [-0.05, 0) is 88.2 Å². The predicted molar refractivity (Wildman–Crippen MR) is 123 cm³/mol. The fourth-order valence-corrected chi connectivity index (χ4v) is 7.52. The van der Waals surface area contributed by atoms with E-state index in [9.17, 15) is 4.79 Å². The first kappa shape index (κ1) is 22.3. The molecule has 0 spiro atoms. The van der Waals surface area contributed by atoms with Gasteiger partial charge in [0.25, 0.3) is 0 Å². The Kier molecular flexibility index (Phi) is 6.19. The maximum absolute atomic E-state index is 12.4. The Hall–Kier alpha value is -1.37. The van der Waals surface area contributed by atoms with Crippen LogP contribution in [0.25, 0.3) is 0 Å². The molecule has 0 bridgehead atoms. The number of ketones is 1. The molecule has 1 aromatic carbocycles. The summed E-state index contributed by atoms with van der Waals surface area (Å²) in [5, 5.41) is 0. The van der Waals surface area contributed by atoms with Crippen molar-refractivity contribution in [3.63, 3.8) is 0 Å². The van der Waals surface area contributed by atoms with Crippen LogP contribution in [0.1, 0.15) is 70.9 Å². The number of benzene rings is 1. The molecule has 0 heterocycles. The summed E-state index contributed by atoms with van der Waals surface area (Å²) in [5.74, 6) is 8.56. The number of fused-ring (bicyclic) bond motifs is 1. The highest BCUT2D eigenvalue weighted by atomic mass is 28.4. The van der Waals surface area contributed by atoms with Crippen molar-refractivity contribution in [2.24, 2.45) is 23.2 Å². The quantitative estimate of drug-likeness (QED) is 0.416. The van der Waals surface area contributed by atoms with Gasteiger partial charge < -0.3 is 4.43 Å². The van der Waals surface area contributed by atoms with E-state index in [1.807, 2.05) is 0 Å². The van der Waals surface area contributed by atoms with Gasteiger partial charge in [0.15, 0.2) is 8.32 Å². The minimum Gasteiger partial charge on any atom is -0.409 e. The summed E-state index contributed by atoms with van der Waals surface area (Å²) in [7, 11) is -1.61. The molecule has 1 aromatic rings. The van der Waals surface area contributed by atoms with Gasteiger partial charge >= 0.3 is 0 Å². The van der Waals surface area contributed by atoms with Crippen molar-refractivity contribution in [3.05, 3.63) is 35.4 Å². The minimum absolute atomic E-state index is 0.158. The Balaban J connectivity index is 1.71. The summed E-state index contributed by atoms with van der Waals surface area (Å²) in [6, 6.07) is 8.55. The molecule has 2 fully saturated rings. The SMILES string of the molecule is C[C@H](C#Cc1ccc(C(C)(C)O[Si](C)(C)C)cc1)[C@H]1CC[C@H]2C(=O)CCC[C@]12C. The van der Waals surface area contributed by atoms with Crippen LogP contribution < -0.4 is 0 Å². The molecule has 0 radical (unpaired) electrons.